The third kappa shape index (κ3) is 1010. The first-order valence-corrected chi connectivity index (χ1v) is 4.72. The first-order valence-electron chi connectivity index (χ1n) is 1.57. The quantitative estimate of drug-likeness (QED) is 0.197. The van der Waals surface area contributed by atoms with E-state index in [9.17, 15) is 0 Å². The van der Waals surface area contributed by atoms with Gasteiger partial charge in [0.1, 0.15) is 0 Å². The van der Waals surface area contributed by atoms with Crippen molar-refractivity contribution in [3.63, 3.8) is 0 Å². The van der Waals surface area contributed by atoms with E-state index >= 15 is 0 Å². The van der Waals surface area contributed by atoms with Gasteiger partial charge in [-0.15, -0.1) is 0 Å². The third-order valence-electron chi connectivity index (χ3n) is 0. The fourth-order valence-electron chi connectivity index (χ4n) is 0. The van der Waals surface area contributed by atoms with Crippen LogP contribution in [0.5, 0.6) is 0 Å². The maximum Gasteiger partial charge on any atom is 1.00 e. The van der Waals surface area contributed by atoms with Crippen LogP contribution >= 0.6 is 0 Å². The zero-order chi connectivity index (χ0) is 9.00. The molecule has 8 nitrogen and oxygen atoms in total. The number of rotatable bonds is 0. The Morgan fingerprint density at radius 1 is 1.09 bits per heavy atom. The van der Waals surface area contributed by atoms with E-state index in [0.717, 1.165) is 0 Å². The molecule has 0 unspecified atom stereocenters. The zero-order valence-corrected chi connectivity index (χ0v) is 9.19. The molecule has 0 radical (unpaired) electrons. The second kappa shape index (κ2) is 6.44. The minimum absolute atomic E-state index is 0. The average molecular weight is 216 g/mol. The van der Waals surface area contributed by atoms with Crippen molar-refractivity contribution >= 4 is 19.4 Å². The van der Waals surface area contributed by atoms with E-state index in [0.29, 0.717) is 0 Å². The van der Waals surface area contributed by atoms with Gasteiger partial charge in [0, 0.05) is 0 Å². The molecule has 11 heavy (non-hydrogen) atoms. The Hall–Kier alpha value is 0.927. The van der Waals surface area contributed by atoms with Crippen LogP contribution in [0.4, 0.5) is 0 Å². The van der Waals surface area contributed by atoms with E-state index in [2.05, 4.69) is 0 Å². The van der Waals surface area contributed by atoms with Gasteiger partial charge in [-0.05, 0) is 0 Å². The first kappa shape index (κ1) is 17.9. The van der Waals surface area contributed by atoms with Crippen LogP contribution in [0.3, 0.4) is 0 Å². The molecule has 0 heterocycles. The van der Waals surface area contributed by atoms with Crippen LogP contribution in [0.15, 0.2) is 0 Å². The van der Waals surface area contributed by atoms with Crippen LogP contribution in [-0.4, -0.2) is 41.0 Å². The summed E-state index contributed by atoms with van der Waals surface area (Å²) in [7, 11) is -9.53. The van der Waals surface area contributed by atoms with Gasteiger partial charge in [0.05, 0.1) is 0 Å². The van der Waals surface area contributed by atoms with Gasteiger partial charge in [-0.3, -0.25) is 9.11 Å². The summed E-state index contributed by atoms with van der Waals surface area (Å²) < 4.78 is 31.6. The second-order valence-corrected chi connectivity index (χ2v) is 3.07. The fourth-order valence-corrected chi connectivity index (χ4v) is 0. The molecule has 0 aliphatic carbocycles. The molecule has 0 spiro atoms. The van der Waals surface area contributed by atoms with Gasteiger partial charge < -0.3 is 19.2 Å². The third-order valence-corrected chi connectivity index (χ3v) is 0. The number of hydrogen-bond donors (Lipinski definition) is 5. The molecule has 0 saturated heterocycles. The Kier molecular flexibility index (Phi) is 10.5. The molecule has 11 heteroatoms. The average Bonchev–Trinajstić information content (AvgIpc) is 1.12. The monoisotopic (exact) mass is 216 g/mol. The Morgan fingerprint density at radius 3 is 1.09 bits per heavy atom. The molecule has 0 atom stereocenters. The van der Waals surface area contributed by atoms with Crippen molar-refractivity contribution in [3.05, 3.63) is 0 Å². The predicted octanol–water partition coefficient (Wildman–Crippen LogP) is -6.89. The van der Waals surface area contributed by atoms with Crippen LogP contribution in [0.2, 0.25) is 0 Å². The smallest absolute Gasteiger partial charge is 0.794 e. The van der Waals surface area contributed by atoms with E-state index in [1.54, 1.807) is 0 Å². The fraction of sp³-hybridized carbons (Fsp3) is 0. The Morgan fingerprint density at radius 2 is 1.09 bits per heavy atom. The molecule has 0 fully saturated rings. The van der Waals surface area contributed by atoms with Crippen LogP contribution < -0.4 is 34.4 Å². The van der Waals surface area contributed by atoms with Crippen molar-refractivity contribution in [1.29, 1.82) is 0 Å². The molecule has 0 aliphatic rings. The molecule has 0 aromatic heterocycles. The summed E-state index contributed by atoms with van der Waals surface area (Å²) >= 11 is 0. The van der Waals surface area contributed by atoms with Gasteiger partial charge in [-0.1, -0.05) is 0 Å². The summed E-state index contributed by atoms with van der Waals surface area (Å²) in [4.78, 5) is 30.6. The molecule has 0 aromatic carbocycles. The molecule has 0 saturated carbocycles. The summed E-state index contributed by atoms with van der Waals surface area (Å²) in [5.41, 5.74) is 0. The predicted molar refractivity (Wildman–Crippen MR) is 26.6 cm³/mol. The topological polar surface area (TPSA) is 158 Å². The van der Waals surface area contributed by atoms with Crippen LogP contribution in [0, 0.1) is 0 Å². The summed E-state index contributed by atoms with van der Waals surface area (Å²) in [6.45, 7) is 0. The molecule has 0 rings (SSSR count). The van der Waals surface area contributed by atoms with Gasteiger partial charge in [0.15, 0.2) is 0 Å². The Balaban J connectivity index is -0.000000107. The minimum atomic E-state index is -4.86. The standard InChI is InChI=1S/Na.H2O4S.H3O4Si/c;2*1-5(2,3)4/h;(H2,1,2,3,4);1-3H/q+1;;-1. The summed E-state index contributed by atoms with van der Waals surface area (Å²) in [5, 5.41) is 0. The van der Waals surface area contributed by atoms with Gasteiger partial charge in [-0.25, -0.2) is 0 Å². The normalized spacial score (nSPS) is 10.7. The summed E-state index contributed by atoms with van der Waals surface area (Å²) in [6.07, 6.45) is 0. The summed E-state index contributed by atoms with van der Waals surface area (Å²) in [5.74, 6) is 0. The molecule has 5 N–H and O–H groups in total. The van der Waals surface area contributed by atoms with Crippen molar-refractivity contribution in [2.45, 2.75) is 0 Å². The summed E-state index contributed by atoms with van der Waals surface area (Å²) in [6, 6.07) is 0. The van der Waals surface area contributed by atoms with E-state index < -0.39 is 19.4 Å². The van der Waals surface area contributed by atoms with Crippen LogP contribution in [-0.2, 0) is 10.4 Å². The second-order valence-electron chi connectivity index (χ2n) is 1.02. The zero-order valence-electron chi connectivity index (χ0n) is 5.37. The van der Waals surface area contributed by atoms with E-state index in [1.165, 1.54) is 0 Å². The molecular weight excluding hydrogens is 211 g/mol. The minimum Gasteiger partial charge on any atom is -0.794 e. The Bertz CT molecular complexity index is 149. The number of hydrogen-bond acceptors (Lipinski definition) is 6. The molecular formula is H5NaO8SSi. The van der Waals surface area contributed by atoms with Crippen molar-refractivity contribution in [1.82, 2.24) is 0 Å². The van der Waals surface area contributed by atoms with Crippen molar-refractivity contribution < 1.29 is 66.3 Å². The van der Waals surface area contributed by atoms with Gasteiger partial charge in [-0.2, -0.15) is 8.42 Å². The van der Waals surface area contributed by atoms with Crippen molar-refractivity contribution in [3.8, 4) is 0 Å². The molecule has 0 amide bonds. The Labute approximate surface area is 85.5 Å². The van der Waals surface area contributed by atoms with Crippen LogP contribution in [0.1, 0.15) is 0 Å². The van der Waals surface area contributed by atoms with Gasteiger partial charge >= 0.3 is 49.0 Å². The van der Waals surface area contributed by atoms with E-state index in [-0.39, 0.29) is 29.6 Å². The maximum atomic E-state index is 8.91. The van der Waals surface area contributed by atoms with Gasteiger partial charge in [0.25, 0.3) is 0 Å². The maximum absolute atomic E-state index is 8.91. The molecule has 0 bridgehead atoms. The molecule has 0 aliphatic heterocycles. The van der Waals surface area contributed by atoms with E-state index in [4.69, 9.17) is 36.7 Å². The van der Waals surface area contributed by atoms with E-state index in [1.807, 2.05) is 0 Å². The van der Waals surface area contributed by atoms with Crippen LogP contribution in [0.25, 0.3) is 0 Å². The van der Waals surface area contributed by atoms with Gasteiger partial charge in [0.2, 0.25) is 0 Å². The SMILES string of the molecule is O=S(=O)(O)O.[Na+].[O-][Si](O)(O)O. The molecule has 0 aromatic rings. The molecule has 64 valence electrons. The first-order chi connectivity index (χ1) is 4.00. The van der Waals surface area contributed by atoms with Crippen molar-refractivity contribution in [2.24, 2.45) is 0 Å². The largest absolute Gasteiger partial charge is 1.00 e. The van der Waals surface area contributed by atoms with Crippen molar-refractivity contribution in [2.75, 3.05) is 0 Å².